The van der Waals surface area contributed by atoms with Gasteiger partial charge < -0.3 is 10.8 Å². The molecule has 0 aliphatic heterocycles. The molecule has 0 fully saturated rings. The van der Waals surface area contributed by atoms with Crippen LogP contribution < -0.4 is 10.5 Å². The number of anilines is 1. The zero-order valence-electron chi connectivity index (χ0n) is 10.6. The van der Waals surface area contributed by atoms with Crippen LogP contribution in [0.4, 0.5) is 10.1 Å². The summed E-state index contributed by atoms with van der Waals surface area (Å²) in [5.41, 5.74) is 5.03. The Hall–Kier alpha value is -0.830. The first-order valence-corrected chi connectivity index (χ1v) is 8.30. The second kappa shape index (κ2) is 6.56. The van der Waals surface area contributed by atoms with Crippen molar-refractivity contribution in [2.75, 3.05) is 18.6 Å². The van der Waals surface area contributed by atoms with Crippen molar-refractivity contribution >= 4 is 27.5 Å². The van der Waals surface area contributed by atoms with Crippen LogP contribution in [0, 0.1) is 5.82 Å². The van der Waals surface area contributed by atoms with Crippen molar-refractivity contribution in [3.63, 3.8) is 0 Å². The van der Waals surface area contributed by atoms with Crippen LogP contribution in [0.2, 0.25) is 0 Å². The Morgan fingerprint density at radius 3 is 2.68 bits per heavy atom. The minimum Gasteiger partial charge on any atom is -0.395 e. The Morgan fingerprint density at radius 2 is 2.16 bits per heavy atom. The van der Waals surface area contributed by atoms with Crippen LogP contribution in [0.5, 0.6) is 0 Å². The molecule has 19 heavy (non-hydrogen) atoms. The highest BCUT2D eigenvalue weighted by molar-refractivity contribution is 7.99. The number of nitrogens with two attached hydrogens (primary N) is 1. The van der Waals surface area contributed by atoms with Gasteiger partial charge in [-0.15, -0.1) is 0 Å². The lowest BCUT2D eigenvalue weighted by molar-refractivity contribution is 0.282. The van der Waals surface area contributed by atoms with Gasteiger partial charge in [-0.25, -0.2) is 17.5 Å². The van der Waals surface area contributed by atoms with Gasteiger partial charge in [0, 0.05) is 11.3 Å². The molecule has 0 aromatic heterocycles. The van der Waals surface area contributed by atoms with E-state index in [0.29, 0.717) is 0 Å². The lowest BCUT2D eigenvalue weighted by Crippen LogP contribution is -2.41. The number of nitrogen functional groups attached to an aromatic ring is 1. The summed E-state index contributed by atoms with van der Waals surface area (Å²) in [4.78, 5) is -0.294. The fourth-order valence-corrected chi connectivity index (χ4v) is 3.71. The number of benzene rings is 1. The maximum absolute atomic E-state index is 13.3. The van der Waals surface area contributed by atoms with E-state index in [1.165, 1.54) is 23.9 Å². The Kier molecular flexibility index (Phi) is 5.60. The van der Waals surface area contributed by atoms with Crippen molar-refractivity contribution in [2.24, 2.45) is 0 Å². The molecule has 4 N–H and O–H groups in total. The average molecular weight is 308 g/mol. The number of nitrogens with one attached hydrogen (secondary N) is 1. The number of rotatable bonds is 6. The molecule has 1 aromatic carbocycles. The van der Waals surface area contributed by atoms with Gasteiger partial charge in [0.1, 0.15) is 10.7 Å². The van der Waals surface area contributed by atoms with Gasteiger partial charge in [-0.2, -0.15) is 11.8 Å². The third-order valence-electron chi connectivity index (χ3n) is 2.68. The number of hydrogen-bond donors (Lipinski definition) is 3. The van der Waals surface area contributed by atoms with Crippen LogP contribution in [-0.4, -0.2) is 37.7 Å². The van der Waals surface area contributed by atoms with Crippen LogP contribution in [0.3, 0.4) is 0 Å². The van der Waals surface area contributed by atoms with Crippen LogP contribution >= 0.6 is 11.8 Å². The van der Waals surface area contributed by atoms with Crippen molar-refractivity contribution in [3.8, 4) is 0 Å². The molecule has 0 amide bonds. The molecular weight excluding hydrogens is 291 g/mol. The first-order chi connectivity index (χ1) is 8.83. The molecule has 0 saturated carbocycles. The molecule has 0 aliphatic rings. The fourth-order valence-electron chi connectivity index (χ4n) is 1.57. The van der Waals surface area contributed by atoms with Gasteiger partial charge in [0.15, 0.2) is 0 Å². The molecule has 0 saturated heterocycles. The molecule has 0 heterocycles. The number of sulfonamides is 1. The molecule has 8 heteroatoms. The minimum absolute atomic E-state index is 0.163. The summed E-state index contributed by atoms with van der Waals surface area (Å²) >= 11 is 1.34. The molecule has 2 atom stereocenters. The summed E-state index contributed by atoms with van der Waals surface area (Å²) in [6.07, 6.45) is 1.77. The first-order valence-electron chi connectivity index (χ1n) is 5.53. The Balaban J connectivity index is 3.02. The number of hydrogen-bond acceptors (Lipinski definition) is 5. The van der Waals surface area contributed by atoms with E-state index in [9.17, 15) is 12.8 Å². The summed E-state index contributed by atoms with van der Waals surface area (Å²) in [6, 6.07) is 3.10. The highest BCUT2D eigenvalue weighted by Crippen LogP contribution is 2.22. The van der Waals surface area contributed by atoms with E-state index in [4.69, 9.17) is 10.8 Å². The van der Waals surface area contributed by atoms with E-state index >= 15 is 0 Å². The van der Waals surface area contributed by atoms with E-state index in [2.05, 4.69) is 4.72 Å². The SMILES string of the molecule is CSC(CO)C(C)NS(=O)(=O)c1cccc(F)c1N. The van der Waals surface area contributed by atoms with Crippen LogP contribution in [0.15, 0.2) is 23.1 Å². The number of thioether (sulfide) groups is 1. The third kappa shape index (κ3) is 3.82. The number of para-hydroxylation sites is 1. The normalized spacial score (nSPS) is 15.2. The van der Waals surface area contributed by atoms with Crippen LogP contribution in [0.25, 0.3) is 0 Å². The zero-order valence-corrected chi connectivity index (χ0v) is 12.3. The van der Waals surface area contributed by atoms with Gasteiger partial charge in [-0.1, -0.05) is 6.07 Å². The standard InChI is InChI=1S/C11H17FN2O3S2/c1-7(9(6-15)18-2)14-19(16,17)10-5-3-4-8(12)11(10)13/h3-5,7,9,14-15H,6,13H2,1-2H3. The summed E-state index contributed by atoms with van der Waals surface area (Å²) in [5, 5.41) is 8.83. The van der Waals surface area contributed by atoms with Gasteiger partial charge in [-0.3, -0.25) is 0 Å². The van der Waals surface area contributed by atoms with E-state index in [0.717, 1.165) is 6.07 Å². The largest absolute Gasteiger partial charge is 0.395 e. The predicted octanol–water partition coefficient (Wildman–Crippen LogP) is 0.799. The van der Waals surface area contributed by atoms with Crippen molar-refractivity contribution in [1.82, 2.24) is 4.72 Å². The molecular formula is C11H17FN2O3S2. The highest BCUT2D eigenvalue weighted by atomic mass is 32.2. The quantitative estimate of drug-likeness (QED) is 0.676. The van der Waals surface area contributed by atoms with Crippen LogP contribution in [0.1, 0.15) is 6.92 Å². The molecule has 0 radical (unpaired) electrons. The third-order valence-corrected chi connectivity index (χ3v) is 5.46. The molecule has 108 valence electrons. The predicted molar refractivity (Wildman–Crippen MR) is 75.0 cm³/mol. The Labute approximate surface area is 116 Å². The summed E-state index contributed by atoms with van der Waals surface area (Å²) in [7, 11) is -3.92. The Bertz CT molecular complexity index is 533. The summed E-state index contributed by atoms with van der Waals surface area (Å²) in [5.74, 6) is -0.779. The van der Waals surface area contributed by atoms with Crippen molar-refractivity contribution in [3.05, 3.63) is 24.0 Å². The lowest BCUT2D eigenvalue weighted by Gasteiger charge is -2.21. The van der Waals surface area contributed by atoms with E-state index in [1.807, 2.05) is 0 Å². The summed E-state index contributed by atoms with van der Waals surface area (Å²) < 4.78 is 39.9. The first kappa shape index (κ1) is 16.2. The molecule has 1 aromatic rings. The fraction of sp³-hybridized carbons (Fsp3) is 0.455. The van der Waals surface area contributed by atoms with Gasteiger partial charge in [0.05, 0.1) is 12.3 Å². The van der Waals surface area contributed by atoms with Crippen molar-refractivity contribution < 1.29 is 17.9 Å². The zero-order chi connectivity index (χ0) is 14.6. The molecule has 5 nitrogen and oxygen atoms in total. The smallest absolute Gasteiger partial charge is 0.243 e. The van der Waals surface area contributed by atoms with Gasteiger partial charge in [-0.05, 0) is 25.3 Å². The van der Waals surface area contributed by atoms with Gasteiger partial charge >= 0.3 is 0 Å². The molecule has 2 unspecified atom stereocenters. The average Bonchev–Trinajstić information content (AvgIpc) is 2.33. The number of aliphatic hydroxyl groups excluding tert-OH is 1. The van der Waals surface area contributed by atoms with Gasteiger partial charge in [0.2, 0.25) is 10.0 Å². The van der Waals surface area contributed by atoms with Gasteiger partial charge in [0.25, 0.3) is 0 Å². The number of halogens is 1. The van der Waals surface area contributed by atoms with Crippen molar-refractivity contribution in [1.29, 1.82) is 0 Å². The lowest BCUT2D eigenvalue weighted by atomic mass is 10.3. The molecule has 0 spiro atoms. The second-order valence-electron chi connectivity index (χ2n) is 4.02. The van der Waals surface area contributed by atoms with Crippen molar-refractivity contribution in [2.45, 2.75) is 23.1 Å². The maximum Gasteiger partial charge on any atom is 0.243 e. The van der Waals surface area contributed by atoms with E-state index in [-0.39, 0.29) is 16.8 Å². The number of aliphatic hydroxyl groups is 1. The monoisotopic (exact) mass is 308 g/mol. The topological polar surface area (TPSA) is 92.4 Å². The van der Waals surface area contributed by atoms with E-state index < -0.39 is 27.6 Å². The maximum atomic E-state index is 13.3. The molecule has 1 rings (SSSR count). The minimum atomic E-state index is -3.92. The Morgan fingerprint density at radius 1 is 1.53 bits per heavy atom. The van der Waals surface area contributed by atoms with Crippen LogP contribution in [-0.2, 0) is 10.0 Å². The molecule has 0 aliphatic carbocycles. The second-order valence-corrected chi connectivity index (χ2v) is 6.78. The summed E-state index contributed by atoms with van der Waals surface area (Å²) in [6.45, 7) is 1.47. The van der Waals surface area contributed by atoms with E-state index in [1.54, 1.807) is 13.2 Å². The molecule has 0 bridgehead atoms. The highest BCUT2D eigenvalue weighted by Gasteiger charge is 2.25.